The zero-order valence-corrected chi connectivity index (χ0v) is 14.3. The fourth-order valence-corrected chi connectivity index (χ4v) is 2.92. The average Bonchev–Trinajstić information content (AvgIpc) is 2.77. The summed E-state index contributed by atoms with van der Waals surface area (Å²) in [7, 11) is 2.08. The molecule has 6 nitrogen and oxygen atoms in total. The third-order valence-corrected chi connectivity index (χ3v) is 4.40. The molecule has 0 bridgehead atoms. The van der Waals surface area contributed by atoms with E-state index >= 15 is 0 Å². The minimum Gasteiger partial charge on any atom is -0.481 e. The van der Waals surface area contributed by atoms with Crippen LogP contribution in [0.4, 0.5) is 0 Å². The predicted molar refractivity (Wildman–Crippen MR) is 92.6 cm³/mol. The van der Waals surface area contributed by atoms with E-state index in [1.54, 1.807) is 0 Å². The lowest BCUT2D eigenvalue weighted by molar-refractivity contribution is -0.144. The zero-order valence-electron chi connectivity index (χ0n) is 14.3. The number of rotatable bonds is 7. The Hall–Kier alpha value is -1.92. The van der Waals surface area contributed by atoms with Gasteiger partial charge >= 0.3 is 5.97 Å². The molecule has 1 heterocycles. The molecule has 0 saturated carbocycles. The molecule has 2 rings (SSSR count). The van der Waals surface area contributed by atoms with E-state index in [2.05, 4.69) is 22.2 Å². The highest BCUT2D eigenvalue weighted by atomic mass is 16.4. The van der Waals surface area contributed by atoms with Gasteiger partial charge in [-0.2, -0.15) is 0 Å². The van der Waals surface area contributed by atoms with Gasteiger partial charge in [-0.1, -0.05) is 30.3 Å². The van der Waals surface area contributed by atoms with Crippen LogP contribution in [0.5, 0.6) is 0 Å². The van der Waals surface area contributed by atoms with Crippen LogP contribution in [-0.4, -0.2) is 66.6 Å². The Balaban J connectivity index is 1.81. The van der Waals surface area contributed by atoms with Gasteiger partial charge in [-0.05, 0) is 32.1 Å². The summed E-state index contributed by atoms with van der Waals surface area (Å²) in [5.74, 6) is -1.77. The second-order valence-corrected chi connectivity index (χ2v) is 6.46. The molecule has 1 fully saturated rings. The minimum absolute atomic E-state index is 0.0223. The number of hydrogen-bond donors (Lipinski definition) is 2. The Morgan fingerprint density at radius 3 is 2.62 bits per heavy atom. The van der Waals surface area contributed by atoms with Gasteiger partial charge in [0.1, 0.15) is 0 Å². The van der Waals surface area contributed by atoms with Crippen molar-refractivity contribution >= 4 is 11.9 Å². The van der Waals surface area contributed by atoms with E-state index in [1.807, 2.05) is 30.3 Å². The Morgan fingerprint density at radius 1 is 1.17 bits per heavy atom. The fraction of sp³-hybridized carbons (Fsp3) is 0.556. The molecule has 132 valence electrons. The van der Waals surface area contributed by atoms with Crippen LogP contribution in [0, 0.1) is 5.92 Å². The van der Waals surface area contributed by atoms with E-state index in [1.165, 1.54) is 0 Å². The number of benzene rings is 1. The Morgan fingerprint density at radius 2 is 1.92 bits per heavy atom. The normalized spacial score (nSPS) is 17.9. The minimum atomic E-state index is -0.900. The molecule has 1 aliphatic heterocycles. The molecule has 0 unspecified atom stereocenters. The fourth-order valence-electron chi connectivity index (χ4n) is 2.92. The summed E-state index contributed by atoms with van der Waals surface area (Å²) in [4.78, 5) is 28.0. The van der Waals surface area contributed by atoms with Crippen LogP contribution in [0.25, 0.3) is 0 Å². The summed E-state index contributed by atoms with van der Waals surface area (Å²) in [6, 6.07) is 9.62. The van der Waals surface area contributed by atoms with E-state index < -0.39 is 11.9 Å². The second kappa shape index (κ2) is 9.39. The second-order valence-electron chi connectivity index (χ2n) is 6.46. The molecule has 1 saturated heterocycles. The lowest BCUT2D eigenvalue weighted by Gasteiger charge is -2.23. The number of carbonyl (C=O) groups is 2. The first-order valence-electron chi connectivity index (χ1n) is 8.49. The van der Waals surface area contributed by atoms with Crippen molar-refractivity contribution in [2.24, 2.45) is 5.92 Å². The number of carboxylic acids is 1. The van der Waals surface area contributed by atoms with Crippen molar-refractivity contribution in [3.8, 4) is 0 Å². The summed E-state index contributed by atoms with van der Waals surface area (Å²) in [5, 5.41) is 12.3. The molecule has 0 spiro atoms. The Labute approximate surface area is 143 Å². The zero-order chi connectivity index (χ0) is 17.4. The van der Waals surface area contributed by atoms with Crippen molar-refractivity contribution in [1.29, 1.82) is 0 Å². The number of amides is 1. The van der Waals surface area contributed by atoms with Crippen LogP contribution in [0.2, 0.25) is 0 Å². The third-order valence-electron chi connectivity index (χ3n) is 4.40. The van der Waals surface area contributed by atoms with Gasteiger partial charge in [0.25, 0.3) is 0 Å². The largest absolute Gasteiger partial charge is 0.481 e. The molecular weight excluding hydrogens is 306 g/mol. The number of nitrogens with one attached hydrogen (secondary N) is 1. The molecule has 2 N–H and O–H groups in total. The van der Waals surface area contributed by atoms with E-state index in [0.29, 0.717) is 13.1 Å². The summed E-state index contributed by atoms with van der Waals surface area (Å²) in [6.45, 7) is 4.58. The third kappa shape index (κ3) is 6.29. The summed E-state index contributed by atoms with van der Waals surface area (Å²) in [5.41, 5.74) is 1.01. The van der Waals surface area contributed by atoms with Crippen molar-refractivity contribution < 1.29 is 14.7 Å². The summed E-state index contributed by atoms with van der Waals surface area (Å²) in [6.07, 6.45) is 1.05. The smallest absolute Gasteiger partial charge is 0.308 e. The monoisotopic (exact) mass is 333 g/mol. The molecule has 1 atom stereocenters. The summed E-state index contributed by atoms with van der Waals surface area (Å²) >= 11 is 0. The molecule has 1 amide bonds. The molecular formula is C18H27N3O3. The average molecular weight is 333 g/mol. The standard InChI is InChI=1S/C18H27N3O3/c1-20-8-5-9-21(11-10-20)14-16(18(23)24)12-17(22)19-13-15-6-3-2-4-7-15/h2-4,6-7,16H,5,8-14H2,1H3,(H,19,22)(H,23,24)/t16-/m1/s1. The van der Waals surface area contributed by atoms with E-state index in [9.17, 15) is 14.7 Å². The van der Waals surface area contributed by atoms with Gasteiger partial charge in [0, 0.05) is 32.6 Å². The first-order valence-corrected chi connectivity index (χ1v) is 8.49. The maximum Gasteiger partial charge on any atom is 0.308 e. The van der Waals surface area contributed by atoms with Crippen molar-refractivity contribution in [2.45, 2.75) is 19.4 Å². The quantitative estimate of drug-likeness (QED) is 0.780. The van der Waals surface area contributed by atoms with Gasteiger partial charge in [0.05, 0.1) is 5.92 Å². The van der Waals surface area contributed by atoms with Crippen molar-refractivity contribution in [2.75, 3.05) is 39.8 Å². The number of carboxylic acid groups (broad SMARTS) is 1. The van der Waals surface area contributed by atoms with Gasteiger partial charge < -0.3 is 20.2 Å². The molecule has 0 aliphatic carbocycles. The highest BCUT2D eigenvalue weighted by molar-refractivity contribution is 5.82. The van der Waals surface area contributed by atoms with E-state index in [-0.39, 0.29) is 12.3 Å². The van der Waals surface area contributed by atoms with E-state index in [4.69, 9.17) is 0 Å². The molecule has 1 aromatic carbocycles. The maximum absolute atomic E-state index is 12.1. The van der Waals surface area contributed by atoms with Gasteiger partial charge in [0.2, 0.25) is 5.91 Å². The highest BCUT2D eigenvalue weighted by Crippen LogP contribution is 2.10. The van der Waals surface area contributed by atoms with Crippen LogP contribution in [0.15, 0.2) is 30.3 Å². The van der Waals surface area contributed by atoms with Gasteiger partial charge in [-0.25, -0.2) is 0 Å². The van der Waals surface area contributed by atoms with Gasteiger partial charge in [-0.15, -0.1) is 0 Å². The molecule has 0 radical (unpaired) electrons. The number of nitrogens with zero attached hydrogens (tertiary/aromatic N) is 2. The Kier molecular flexibility index (Phi) is 7.21. The molecule has 6 heteroatoms. The van der Waals surface area contributed by atoms with Crippen LogP contribution < -0.4 is 5.32 Å². The molecule has 0 aromatic heterocycles. The highest BCUT2D eigenvalue weighted by Gasteiger charge is 2.25. The lowest BCUT2D eigenvalue weighted by Crippen LogP contribution is -2.38. The van der Waals surface area contributed by atoms with Crippen LogP contribution in [-0.2, 0) is 16.1 Å². The Bertz CT molecular complexity index is 536. The van der Waals surface area contributed by atoms with Gasteiger partial charge in [-0.3, -0.25) is 9.59 Å². The molecule has 1 aromatic rings. The molecule has 1 aliphatic rings. The van der Waals surface area contributed by atoms with Gasteiger partial charge in [0.15, 0.2) is 0 Å². The van der Waals surface area contributed by atoms with E-state index in [0.717, 1.165) is 38.2 Å². The predicted octanol–water partition coefficient (Wildman–Crippen LogP) is 1.03. The maximum atomic E-state index is 12.1. The van der Waals surface area contributed by atoms with Crippen molar-refractivity contribution in [3.05, 3.63) is 35.9 Å². The first kappa shape index (κ1) is 18.4. The number of carbonyl (C=O) groups excluding carboxylic acids is 1. The van der Waals surface area contributed by atoms with Crippen LogP contribution >= 0.6 is 0 Å². The summed E-state index contributed by atoms with van der Waals surface area (Å²) < 4.78 is 0. The number of hydrogen-bond acceptors (Lipinski definition) is 4. The molecule has 24 heavy (non-hydrogen) atoms. The van der Waals surface area contributed by atoms with Crippen molar-refractivity contribution in [1.82, 2.24) is 15.1 Å². The lowest BCUT2D eigenvalue weighted by atomic mass is 10.0. The first-order chi connectivity index (χ1) is 11.5. The van der Waals surface area contributed by atoms with Crippen LogP contribution in [0.3, 0.4) is 0 Å². The van der Waals surface area contributed by atoms with Crippen LogP contribution in [0.1, 0.15) is 18.4 Å². The number of aliphatic carboxylic acids is 1. The topological polar surface area (TPSA) is 72.9 Å². The SMILES string of the molecule is CN1CCCN(C[C@@H](CC(=O)NCc2ccccc2)C(=O)O)CC1. The number of likely N-dealkylation sites (N-methyl/N-ethyl adjacent to an activating group) is 1. The van der Waals surface area contributed by atoms with Crippen molar-refractivity contribution in [3.63, 3.8) is 0 Å².